The van der Waals surface area contributed by atoms with Crippen molar-refractivity contribution in [3.05, 3.63) is 18.7 Å². The van der Waals surface area contributed by atoms with Gasteiger partial charge in [0.25, 0.3) is 0 Å². The van der Waals surface area contributed by atoms with Gasteiger partial charge < -0.3 is 16.5 Å². The lowest BCUT2D eigenvalue weighted by atomic mass is 10.4. The predicted molar refractivity (Wildman–Crippen MR) is 192 cm³/mol. The maximum atomic E-state index is 6.81. The summed E-state index contributed by atoms with van der Waals surface area (Å²) in [5.74, 6) is 0. The molecule has 0 spiro atoms. The molecule has 0 aliphatic rings. The minimum absolute atomic E-state index is 1.05. The zero-order valence-electron chi connectivity index (χ0n) is 29.7. The van der Waals surface area contributed by atoms with E-state index in [9.17, 15) is 0 Å². The molecule has 0 bridgehead atoms. The molecule has 1 rings (SSSR count). The Bertz CT molecular complexity index is 822. The van der Waals surface area contributed by atoms with E-state index in [1.54, 1.807) is 0 Å². The maximum absolute atomic E-state index is 6.81. The molecule has 0 radical (unpaired) electrons. The van der Waals surface area contributed by atoms with Gasteiger partial charge in [-0.15, -0.1) is 0 Å². The van der Waals surface area contributed by atoms with Crippen molar-refractivity contribution in [2.24, 2.45) is 0 Å². The smallest absolute Gasteiger partial charge is 0.311 e. The van der Waals surface area contributed by atoms with E-state index in [1.807, 2.05) is 0 Å². The van der Waals surface area contributed by atoms with Crippen molar-refractivity contribution in [2.45, 2.75) is 168 Å². The van der Waals surface area contributed by atoms with Crippen molar-refractivity contribution in [1.29, 1.82) is 0 Å². The van der Waals surface area contributed by atoms with E-state index in [0.717, 1.165) is 25.9 Å². The standard InChI is InChI=1S/C29H69N2O4Si6/c1-15-17-25-36(3,4)32-40(11,12)34-38(7,8)27-19-21-30-23-24-31(29-30)22-20-28-39(9,10)35-41(13,14)33-37(5,6)26-18-16-2/h23-24,29H,15-22,25-28H2,1-14H3/q+1. The third kappa shape index (κ3) is 18.0. The van der Waals surface area contributed by atoms with Gasteiger partial charge in [0, 0.05) is 0 Å². The molecule has 6 nitrogen and oxygen atoms in total. The summed E-state index contributed by atoms with van der Waals surface area (Å²) in [5, 5.41) is 0. The van der Waals surface area contributed by atoms with Crippen LogP contribution in [0.5, 0.6) is 0 Å². The molecule has 0 aliphatic carbocycles. The van der Waals surface area contributed by atoms with Gasteiger partial charge in [0.2, 0.25) is 6.33 Å². The normalized spacial score (nSPS) is 14.2. The summed E-state index contributed by atoms with van der Waals surface area (Å²) in [6, 6.07) is 4.80. The topological polar surface area (TPSA) is 45.7 Å². The zero-order chi connectivity index (χ0) is 31.6. The number of aromatic nitrogens is 2. The van der Waals surface area contributed by atoms with E-state index in [-0.39, 0.29) is 0 Å². The Labute approximate surface area is 261 Å². The Morgan fingerprint density at radius 3 is 1.29 bits per heavy atom. The minimum Gasteiger partial charge on any atom is -0.437 e. The summed E-state index contributed by atoms with van der Waals surface area (Å²) < 4.78 is 31.8. The summed E-state index contributed by atoms with van der Waals surface area (Å²) >= 11 is 0. The van der Waals surface area contributed by atoms with Crippen molar-refractivity contribution in [1.82, 2.24) is 4.57 Å². The Balaban J connectivity index is 2.50. The molecule has 0 amide bonds. The fourth-order valence-corrected chi connectivity index (χ4v) is 34.6. The molecule has 242 valence electrons. The monoisotopic (exact) mass is 677 g/mol. The molecule has 1 aromatic rings. The first-order chi connectivity index (χ1) is 18.6. The maximum Gasteiger partial charge on any atom is 0.311 e. The van der Waals surface area contributed by atoms with Gasteiger partial charge in [-0.3, -0.25) is 0 Å². The van der Waals surface area contributed by atoms with E-state index < -0.39 is 50.4 Å². The Hall–Kier alpha value is 0.351. The van der Waals surface area contributed by atoms with E-state index >= 15 is 0 Å². The first-order valence-corrected chi connectivity index (χ1v) is 34.6. The highest BCUT2D eigenvalue weighted by Gasteiger charge is 2.40. The van der Waals surface area contributed by atoms with Crippen LogP contribution < -0.4 is 4.57 Å². The second kappa shape index (κ2) is 16.6. The second-order valence-corrected chi connectivity index (χ2v) is 40.5. The third-order valence-corrected chi connectivity index (χ3v) is 30.4. The minimum atomic E-state index is -2.11. The van der Waals surface area contributed by atoms with Crippen molar-refractivity contribution in [3.8, 4) is 0 Å². The van der Waals surface area contributed by atoms with Crippen LogP contribution in [0.4, 0.5) is 0 Å². The lowest BCUT2D eigenvalue weighted by Gasteiger charge is -2.38. The lowest BCUT2D eigenvalue weighted by Crippen LogP contribution is -2.52. The molecule has 0 fully saturated rings. The predicted octanol–water partition coefficient (Wildman–Crippen LogP) is 9.45. The first kappa shape index (κ1) is 39.4. The molecule has 0 aromatic carbocycles. The average molecular weight is 678 g/mol. The third-order valence-electron chi connectivity index (χ3n) is 7.49. The van der Waals surface area contributed by atoms with Gasteiger partial charge in [0.1, 0.15) is 12.4 Å². The van der Waals surface area contributed by atoms with Crippen LogP contribution in [0.2, 0.25) is 103 Å². The van der Waals surface area contributed by atoms with Gasteiger partial charge in [-0.1, -0.05) is 39.5 Å². The summed E-state index contributed by atoms with van der Waals surface area (Å²) in [6.07, 6.45) is 14.1. The molecule has 0 saturated carbocycles. The van der Waals surface area contributed by atoms with Gasteiger partial charge in [-0.2, -0.15) is 0 Å². The Kier molecular flexibility index (Phi) is 15.9. The molecule has 1 aromatic heterocycles. The quantitative estimate of drug-likeness (QED) is 0.0906. The molecule has 41 heavy (non-hydrogen) atoms. The molecular weight excluding hydrogens is 609 g/mol. The van der Waals surface area contributed by atoms with Gasteiger partial charge in [-0.05, 0) is 116 Å². The van der Waals surface area contributed by atoms with Crippen molar-refractivity contribution in [2.75, 3.05) is 0 Å². The number of imidazole rings is 1. The zero-order valence-corrected chi connectivity index (χ0v) is 35.7. The van der Waals surface area contributed by atoms with Crippen LogP contribution >= 0.6 is 0 Å². The van der Waals surface area contributed by atoms with Gasteiger partial charge >= 0.3 is 17.1 Å². The summed E-state index contributed by atoms with van der Waals surface area (Å²) in [4.78, 5) is 0. The van der Waals surface area contributed by atoms with E-state index in [4.69, 9.17) is 16.5 Å². The summed E-state index contributed by atoms with van der Waals surface area (Å²) in [5.41, 5.74) is 0. The van der Waals surface area contributed by atoms with E-state index in [0.29, 0.717) is 0 Å². The van der Waals surface area contributed by atoms with Gasteiger partial charge in [0.15, 0.2) is 33.3 Å². The van der Waals surface area contributed by atoms with Crippen LogP contribution in [0.15, 0.2) is 18.7 Å². The fourth-order valence-electron chi connectivity index (χ4n) is 6.19. The molecule has 0 saturated heterocycles. The molecule has 0 unspecified atom stereocenters. The number of hydrogen-bond acceptors (Lipinski definition) is 4. The van der Waals surface area contributed by atoms with Crippen LogP contribution in [0.3, 0.4) is 0 Å². The number of nitrogens with zero attached hydrogens (tertiary/aromatic N) is 2. The van der Waals surface area contributed by atoms with Crippen molar-refractivity contribution in [3.63, 3.8) is 0 Å². The Morgan fingerprint density at radius 1 is 0.537 bits per heavy atom. The van der Waals surface area contributed by atoms with Crippen molar-refractivity contribution < 1.29 is 21.0 Å². The average Bonchev–Trinajstić information content (AvgIpc) is 3.20. The van der Waals surface area contributed by atoms with Gasteiger partial charge in [-0.25, -0.2) is 9.13 Å². The molecule has 0 N–H and O–H groups in total. The first-order valence-electron chi connectivity index (χ1n) is 16.5. The molecular formula is C29H69N2O4Si6+. The summed E-state index contributed by atoms with van der Waals surface area (Å²) in [6.45, 7) is 34.6. The molecule has 1 heterocycles. The second-order valence-electron chi connectivity index (χ2n) is 15.6. The number of hydrogen-bond donors (Lipinski definition) is 0. The molecule has 0 aliphatic heterocycles. The number of rotatable bonds is 22. The number of aryl methyl sites for hydroxylation is 2. The van der Waals surface area contributed by atoms with E-state index in [2.05, 4.69) is 120 Å². The van der Waals surface area contributed by atoms with Crippen LogP contribution in [0.1, 0.15) is 52.4 Å². The SMILES string of the molecule is CCCC[Si](C)(C)O[Si](C)(C)O[Si](C)(C)CCCn1cc[n+](CCC[Si](C)(C)O[Si](C)(C)O[Si](C)(C)CCCC)c1. The van der Waals surface area contributed by atoms with E-state index in [1.165, 1.54) is 49.9 Å². The Morgan fingerprint density at radius 2 is 0.902 bits per heavy atom. The summed E-state index contributed by atoms with van der Waals surface area (Å²) in [7, 11) is -11.1. The van der Waals surface area contributed by atoms with Crippen LogP contribution in [-0.2, 0) is 29.6 Å². The molecule has 0 atom stereocenters. The van der Waals surface area contributed by atoms with Crippen LogP contribution in [0.25, 0.3) is 0 Å². The fraction of sp³-hybridized carbons (Fsp3) is 0.897. The lowest BCUT2D eigenvalue weighted by molar-refractivity contribution is -0.696. The number of unbranched alkanes of at least 4 members (excludes halogenated alkanes) is 2. The van der Waals surface area contributed by atoms with Crippen LogP contribution in [0, 0.1) is 0 Å². The largest absolute Gasteiger partial charge is 0.437 e. The van der Waals surface area contributed by atoms with Crippen LogP contribution in [-0.4, -0.2) is 55.0 Å². The van der Waals surface area contributed by atoms with Crippen molar-refractivity contribution >= 4 is 50.4 Å². The highest BCUT2D eigenvalue weighted by molar-refractivity contribution is 6.88. The molecule has 12 heteroatoms. The highest BCUT2D eigenvalue weighted by Crippen LogP contribution is 2.28. The highest BCUT2D eigenvalue weighted by atomic mass is 28.5. The van der Waals surface area contributed by atoms with Gasteiger partial charge in [0.05, 0.1) is 13.1 Å².